The van der Waals surface area contributed by atoms with E-state index in [9.17, 15) is 5.11 Å². The topological polar surface area (TPSA) is 32.6 Å². The maximum atomic E-state index is 10.6. The van der Waals surface area contributed by atoms with E-state index < -0.39 is 0 Å². The molecule has 1 aromatic carbocycles. The van der Waals surface area contributed by atoms with Crippen molar-refractivity contribution in [1.29, 1.82) is 0 Å². The minimum absolute atomic E-state index is 0.376. The van der Waals surface area contributed by atoms with E-state index in [4.69, 9.17) is 11.6 Å². The molecule has 1 atom stereocenters. The van der Waals surface area contributed by atoms with E-state index in [0.29, 0.717) is 17.5 Å². The first-order valence-electron chi connectivity index (χ1n) is 6.76. The van der Waals surface area contributed by atoms with Crippen LogP contribution in [0, 0.1) is 5.92 Å². The fourth-order valence-electron chi connectivity index (χ4n) is 3.18. The Labute approximate surface area is 113 Å². The van der Waals surface area contributed by atoms with E-state index in [1.807, 2.05) is 18.3 Å². The van der Waals surface area contributed by atoms with Gasteiger partial charge in [0.05, 0.1) is 12.6 Å². The average molecular weight is 264 g/mol. The second kappa shape index (κ2) is 5.02. The molecule has 1 aliphatic carbocycles. The van der Waals surface area contributed by atoms with Gasteiger partial charge < -0.3 is 5.11 Å². The molecule has 1 aromatic rings. The largest absolute Gasteiger partial charge is 0.388 e. The summed E-state index contributed by atoms with van der Waals surface area (Å²) in [6.07, 6.45) is 7.52. The standard InChI is InChI=1S/C15H18ClNO/c16-12-6-11-8-17-9-14(11)13(7-12)15(18)10-4-2-1-3-5-10/h6-8,10,15,18H,1-5,9H2. The third-order valence-electron chi connectivity index (χ3n) is 4.18. The number of aliphatic hydroxyl groups excluding tert-OH is 1. The van der Waals surface area contributed by atoms with Crippen molar-refractivity contribution in [2.75, 3.05) is 0 Å². The van der Waals surface area contributed by atoms with Crippen molar-refractivity contribution in [3.8, 4) is 0 Å². The van der Waals surface area contributed by atoms with Gasteiger partial charge in [-0.15, -0.1) is 0 Å². The van der Waals surface area contributed by atoms with Gasteiger partial charge >= 0.3 is 0 Å². The number of hydrogen-bond donors (Lipinski definition) is 1. The summed E-state index contributed by atoms with van der Waals surface area (Å²) < 4.78 is 0. The molecule has 0 radical (unpaired) electrons. The maximum absolute atomic E-state index is 10.6. The van der Waals surface area contributed by atoms with Crippen LogP contribution in [0.25, 0.3) is 0 Å². The number of hydrogen-bond acceptors (Lipinski definition) is 2. The summed E-state index contributed by atoms with van der Waals surface area (Å²) in [5.41, 5.74) is 3.24. The maximum Gasteiger partial charge on any atom is 0.0822 e. The van der Waals surface area contributed by atoms with Crippen LogP contribution < -0.4 is 0 Å². The van der Waals surface area contributed by atoms with Crippen molar-refractivity contribution in [2.45, 2.75) is 44.8 Å². The molecule has 0 bridgehead atoms. The lowest BCUT2D eigenvalue weighted by molar-refractivity contribution is 0.0841. The number of halogens is 1. The molecule has 0 spiro atoms. The van der Waals surface area contributed by atoms with Gasteiger partial charge in [0, 0.05) is 11.2 Å². The monoisotopic (exact) mass is 263 g/mol. The summed E-state index contributed by atoms with van der Waals surface area (Å²) in [6, 6.07) is 3.86. The normalized spacial score (nSPS) is 21.0. The van der Waals surface area contributed by atoms with Crippen LogP contribution in [0.4, 0.5) is 0 Å². The SMILES string of the molecule is OC(c1cc(Cl)cc2c1CN=C2)C1CCCCC1. The van der Waals surface area contributed by atoms with E-state index in [-0.39, 0.29) is 6.10 Å². The number of aliphatic imine (C=N–C) groups is 1. The lowest BCUT2D eigenvalue weighted by Gasteiger charge is -2.28. The first-order chi connectivity index (χ1) is 8.75. The predicted molar refractivity (Wildman–Crippen MR) is 74.3 cm³/mol. The molecule has 18 heavy (non-hydrogen) atoms. The molecule has 1 unspecified atom stereocenters. The van der Waals surface area contributed by atoms with Crippen LogP contribution in [0.1, 0.15) is 54.9 Å². The van der Waals surface area contributed by atoms with Crippen molar-refractivity contribution in [3.63, 3.8) is 0 Å². The van der Waals surface area contributed by atoms with Crippen molar-refractivity contribution < 1.29 is 5.11 Å². The second-order valence-electron chi connectivity index (χ2n) is 5.38. The Morgan fingerprint density at radius 3 is 2.78 bits per heavy atom. The van der Waals surface area contributed by atoms with Crippen LogP contribution in [-0.4, -0.2) is 11.3 Å². The van der Waals surface area contributed by atoms with Crippen molar-refractivity contribution in [3.05, 3.63) is 33.8 Å². The second-order valence-corrected chi connectivity index (χ2v) is 5.81. The van der Waals surface area contributed by atoms with Gasteiger partial charge in [-0.3, -0.25) is 4.99 Å². The van der Waals surface area contributed by atoms with Gasteiger partial charge in [-0.1, -0.05) is 30.9 Å². The van der Waals surface area contributed by atoms with Gasteiger partial charge in [-0.05, 0) is 47.6 Å². The zero-order valence-corrected chi connectivity index (χ0v) is 11.2. The Hall–Kier alpha value is -0.860. The molecule has 1 aliphatic heterocycles. The first-order valence-corrected chi connectivity index (χ1v) is 7.14. The molecule has 3 rings (SSSR count). The van der Waals surface area contributed by atoms with Gasteiger partial charge in [0.25, 0.3) is 0 Å². The highest BCUT2D eigenvalue weighted by atomic mass is 35.5. The lowest BCUT2D eigenvalue weighted by atomic mass is 9.81. The van der Waals surface area contributed by atoms with Gasteiger partial charge in [0.1, 0.15) is 0 Å². The first kappa shape index (κ1) is 12.2. The van der Waals surface area contributed by atoms with E-state index in [1.165, 1.54) is 19.3 Å². The molecule has 3 heteroatoms. The van der Waals surface area contributed by atoms with Gasteiger partial charge in [-0.2, -0.15) is 0 Å². The molecule has 96 valence electrons. The van der Waals surface area contributed by atoms with Crippen LogP contribution in [0.2, 0.25) is 5.02 Å². The molecular weight excluding hydrogens is 246 g/mol. The number of rotatable bonds is 2. The zero-order chi connectivity index (χ0) is 12.5. The Bertz CT molecular complexity index is 478. The van der Waals surface area contributed by atoms with Gasteiger partial charge in [0.15, 0.2) is 0 Å². The molecule has 2 aliphatic rings. The van der Waals surface area contributed by atoms with Gasteiger partial charge in [-0.25, -0.2) is 0 Å². The van der Waals surface area contributed by atoms with Crippen LogP contribution in [0.3, 0.4) is 0 Å². The molecule has 1 fully saturated rings. The number of fused-ring (bicyclic) bond motifs is 1. The number of benzene rings is 1. The minimum atomic E-state index is -0.376. The Morgan fingerprint density at radius 1 is 1.22 bits per heavy atom. The van der Waals surface area contributed by atoms with Crippen molar-refractivity contribution in [1.82, 2.24) is 0 Å². The summed E-state index contributed by atoms with van der Waals surface area (Å²) in [6.45, 7) is 0.686. The highest BCUT2D eigenvalue weighted by Gasteiger charge is 2.26. The molecular formula is C15H18ClNO. The van der Waals surface area contributed by atoms with Crippen molar-refractivity contribution >= 4 is 17.8 Å². The van der Waals surface area contributed by atoms with Crippen LogP contribution in [-0.2, 0) is 6.54 Å². The number of nitrogens with zero attached hydrogens (tertiary/aromatic N) is 1. The molecule has 1 heterocycles. The summed E-state index contributed by atoms with van der Waals surface area (Å²) in [4.78, 5) is 4.29. The van der Waals surface area contributed by atoms with Crippen LogP contribution in [0.15, 0.2) is 17.1 Å². The Balaban J connectivity index is 1.92. The number of aliphatic hydroxyl groups is 1. The molecule has 0 aromatic heterocycles. The van der Waals surface area contributed by atoms with Crippen molar-refractivity contribution in [2.24, 2.45) is 10.9 Å². The summed E-state index contributed by atoms with van der Waals surface area (Å²) in [5, 5.41) is 11.3. The molecule has 0 saturated heterocycles. The average Bonchev–Trinajstić information content (AvgIpc) is 2.86. The fraction of sp³-hybridized carbons (Fsp3) is 0.533. The van der Waals surface area contributed by atoms with E-state index in [2.05, 4.69) is 4.99 Å². The fourth-order valence-corrected chi connectivity index (χ4v) is 3.42. The van der Waals surface area contributed by atoms with E-state index in [0.717, 1.165) is 29.5 Å². The molecule has 0 amide bonds. The quantitative estimate of drug-likeness (QED) is 0.863. The third-order valence-corrected chi connectivity index (χ3v) is 4.40. The highest BCUT2D eigenvalue weighted by Crippen LogP contribution is 2.38. The predicted octanol–water partition coefficient (Wildman–Crippen LogP) is 3.89. The summed E-state index contributed by atoms with van der Waals surface area (Å²) >= 11 is 6.14. The smallest absolute Gasteiger partial charge is 0.0822 e. The van der Waals surface area contributed by atoms with E-state index in [1.54, 1.807) is 0 Å². The molecule has 1 N–H and O–H groups in total. The summed E-state index contributed by atoms with van der Waals surface area (Å²) in [5.74, 6) is 0.391. The van der Waals surface area contributed by atoms with Crippen LogP contribution in [0.5, 0.6) is 0 Å². The Kier molecular flexibility index (Phi) is 3.40. The molecule has 2 nitrogen and oxygen atoms in total. The van der Waals surface area contributed by atoms with Crippen LogP contribution >= 0.6 is 11.6 Å². The summed E-state index contributed by atoms with van der Waals surface area (Å²) in [7, 11) is 0. The zero-order valence-electron chi connectivity index (χ0n) is 10.4. The molecule has 1 saturated carbocycles. The van der Waals surface area contributed by atoms with E-state index >= 15 is 0 Å². The lowest BCUT2D eigenvalue weighted by Crippen LogP contribution is -2.17. The third kappa shape index (κ3) is 2.19. The highest BCUT2D eigenvalue weighted by molar-refractivity contribution is 6.31. The minimum Gasteiger partial charge on any atom is -0.388 e. The Morgan fingerprint density at radius 2 is 2.00 bits per heavy atom. The van der Waals surface area contributed by atoms with Gasteiger partial charge in [0.2, 0.25) is 0 Å².